The molecule has 0 unspecified atom stereocenters. The number of halogens is 1. The molecule has 0 aliphatic heterocycles. The predicted octanol–water partition coefficient (Wildman–Crippen LogP) is 1.28. The summed E-state index contributed by atoms with van der Waals surface area (Å²) in [7, 11) is 0. The summed E-state index contributed by atoms with van der Waals surface area (Å²) in [6.45, 7) is 1.33. The van der Waals surface area contributed by atoms with Gasteiger partial charge in [-0.15, -0.1) is 12.4 Å². The van der Waals surface area contributed by atoms with Crippen LogP contribution in [0.4, 0.5) is 11.4 Å². The van der Waals surface area contributed by atoms with Gasteiger partial charge in [-0.05, 0) is 19.0 Å². The number of benzene rings is 1. The highest BCUT2D eigenvalue weighted by Gasteiger charge is 2.11. The van der Waals surface area contributed by atoms with Crippen LogP contribution in [-0.4, -0.2) is 30.5 Å². The molecule has 0 aliphatic rings. The largest absolute Gasteiger partial charge is 0.378 e. The van der Waals surface area contributed by atoms with Crippen LogP contribution in [0.2, 0.25) is 0 Å². The summed E-state index contributed by atoms with van der Waals surface area (Å²) < 4.78 is 0. The molecule has 8 heteroatoms. The number of hydrogen-bond donors (Lipinski definition) is 3. The summed E-state index contributed by atoms with van der Waals surface area (Å²) in [5.41, 5.74) is 5.77. The molecule has 0 aromatic heterocycles. The molecule has 0 fully saturated rings. The molecule has 0 bridgehead atoms. The Labute approximate surface area is 123 Å². The molecule has 1 aromatic rings. The van der Waals surface area contributed by atoms with Crippen molar-refractivity contribution in [1.82, 2.24) is 5.32 Å². The second kappa shape index (κ2) is 9.99. The van der Waals surface area contributed by atoms with Crippen LogP contribution < -0.4 is 16.4 Å². The van der Waals surface area contributed by atoms with E-state index < -0.39 is 4.92 Å². The van der Waals surface area contributed by atoms with Crippen LogP contribution in [0.5, 0.6) is 0 Å². The molecule has 0 heterocycles. The molecular formula is C12H19ClN4O3. The highest BCUT2D eigenvalue weighted by molar-refractivity contribution is 5.85. The van der Waals surface area contributed by atoms with E-state index in [4.69, 9.17) is 5.73 Å². The molecular weight excluding hydrogens is 284 g/mol. The maximum absolute atomic E-state index is 11.3. The van der Waals surface area contributed by atoms with E-state index in [2.05, 4.69) is 10.6 Å². The fourth-order valence-corrected chi connectivity index (χ4v) is 1.53. The summed E-state index contributed by atoms with van der Waals surface area (Å²) >= 11 is 0. The smallest absolute Gasteiger partial charge is 0.292 e. The third kappa shape index (κ3) is 6.35. The summed E-state index contributed by atoms with van der Waals surface area (Å²) in [6, 6.07) is 6.39. The number of anilines is 1. The van der Waals surface area contributed by atoms with Crippen molar-refractivity contribution in [2.24, 2.45) is 5.73 Å². The molecule has 0 atom stereocenters. The Morgan fingerprint density at radius 2 is 2.00 bits per heavy atom. The molecule has 7 nitrogen and oxygen atoms in total. The molecule has 1 amide bonds. The maximum atomic E-state index is 11.3. The first-order chi connectivity index (χ1) is 9.15. The Balaban J connectivity index is 0.00000361. The third-order valence-corrected chi connectivity index (χ3v) is 2.47. The quantitative estimate of drug-likeness (QED) is 0.381. The van der Waals surface area contributed by atoms with Gasteiger partial charge in [0.1, 0.15) is 5.69 Å². The van der Waals surface area contributed by atoms with E-state index in [0.717, 1.165) is 0 Å². The highest BCUT2D eigenvalue weighted by atomic mass is 35.5. The monoisotopic (exact) mass is 302 g/mol. The molecule has 4 N–H and O–H groups in total. The minimum Gasteiger partial charge on any atom is -0.378 e. The van der Waals surface area contributed by atoms with Crippen molar-refractivity contribution in [3.05, 3.63) is 34.4 Å². The van der Waals surface area contributed by atoms with Gasteiger partial charge in [-0.3, -0.25) is 14.9 Å². The van der Waals surface area contributed by atoms with Crippen LogP contribution >= 0.6 is 12.4 Å². The molecule has 20 heavy (non-hydrogen) atoms. The number of amides is 1. The van der Waals surface area contributed by atoms with Gasteiger partial charge in [0.15, 0.2) is 0 Å². The Bertz CT molecular complexity index is 442. The summed E-state index contributed by atoms with van der Waals surface area (Å²) in [6.07, 6.45) is 1.06. The highest BCUT2D eigenvalue weighted by Crippen LogP contribution is 2.22. The van der Waals surface area contributed by atoms with Gasteiger partial charge in [0, 0.05) is 25.6 Å². The van der Waals surface area contributed by atoms with E-state index in [0.29, 0.717) is 38.2 Å². The van der Waals surface area contributed by atoms with Crippen LogP contribution in [0.15, 0.2) is 24.3 Å². The van der Waals surface area contributed by atoms with Crippen molar-refractivity contribution in [3.8, 4) is 0 Å². The number of carbonyl (C=O) groups excluding carboxylic acids is 1. The lowest BCUT2D eigenvalue weighted by molar-refractivity contribution is -0.384. The van der Waals surface area contributed by atoms with Crippen molar-refractivity contribution >= 4 is 29.7 Å². The Morgan fingerprint density at radius 1 is 1.30 bits per heavy atom. The second-order valence-electron chi connectivity index (χ2n) is 3.94. The topological polar surface area (TPSA) is 110 Å². The van der Waals surface area contributed by atoms with E-state index in [1.54, 1.807) is 18.2 Å². The summed E-state index contributed by atoms with van der Waals surface area (Å²) in [5.74, 6) is -0.0604. The first kappa shape index (κ1) is 18.1. The van der Waals surface area contributed by atoms with Crippen LogP contribution in [-0.2, 0) is 4.79 Å². The number of hydrogen-bond acceptors (Lipinski definition) is 5. The van der Waals surface area contributed by atoms with Gasteiger partial charge in [-0.2, -0.15) is 0 Å². The Morgan fingerprint density at radius 3 is 2.65 bits per heavy atom. The van der Waals surface area contributed by atoms with E-state index in [9.17, 15) is 14.9 Å². The van der Waals surface area contributed by atoms with Crippen molar-refractivity contribution < 1.29 is 9.72 Å². The lowest BCUT2D eigenvalue weighted by Gasteiger charge is -2.08. The van der Waals surface area contributed by atoms with Crippen LogP contribution in [0.1, 0.15) is 12.8 Å². The fourth-order valence-electron chi connectivity index (χ4n) is 1.53. The predicted molar refractivity (Wildman–Crippen MR) is 80.1 cm³/mol. The molecule has 0 spiro atoms. The van der Waals surface area contributed by atoms with Crippen molar-refractivity contribution in [3.63, 3.8) is 0 Å². The lowest BCUT2D eigenvalue weighted by atomic mass is 10.2. The van der Waals surface area contributed by atoms with E-state index in [1.165, 1.54) is 6.07 Å². The zero-order valence-electron chi connectivity index (χ0n) is 11.0. The molecule has 1 aromatic carbocycles. The number of nitrogens with two attached hydrogens (primary N) is 1. The number of nitro benzene ring substituents is 1. The lowest BCUT2D eigenvalue weighted by Crippen LogP contribution is -2.29. The number of carbonyl (C=O) groups is 1. The van der Waals surface area contributed by atoms with Gasteiger partial charge in [0.05, 0.1) is 4.92 Å². The van der Waals surface area contributed by atoms with E-state index in [-0.39, 0.29) is 24.0 Å². The zero-order chi connectivity index (χ0) is 14.1. The fraction of sp³-hybridized carbons (Fsp3) is 0.417. The Kier molecular flexibility index (Phi) is 9.06. The second-order valence-corrected chi connectivity index (χ2v) is 3.94. The number of nitro groups is 1. The van der Waals surface area contributed by atoms with E-state index >= 15 is 0 Å². The number of nitrogens with one attached hydrogen (secondary N) is 2. The van der Waals surface area contributed by atoms with Gasteiger partial charge in [-0.1, -0.05) is 12.1 Å². The number of para-hydroxylation sites is 2. The number of rotatable bonds is 8. The average Bonchev–Trinajstić information content (AvgIpc) is 2.41. The Hall–Kier alpha value is -1.86. The molecule has 1 rings (SSSR count). The van der Waals surface area contributed by atoms with Crippen LogP contribution in [0, 0.1) is 10.1 Å². The van der Waals surface area contributed by atoms with Gasteiger partial charge in [0.2, 0.25) is 5.91 Å². The molecule has 0 saturated heterocycles. The SMILES string of the molecule is Cl.NCCCC(=O)NCCNc1ccccc1[N+](=O)[O-]. The van der Waals surface area contributed by atoms with Gasteiger partial charge in [-0.25, -0.2) is 0 Å². The molecule has 112 valence electrons. The maximum Gasteiger partial charge on any atom is 0.292 e. The molecule has 0 radical (unpaired) electrons. The van der Waals surface area contributed by atoms with Crippen molar-refractivity contribution in [2.45, 2.75) is 12.8 Å². The zero-order valence-corrected chi connectivity index (χ0v) is 11.8. The third-order valence-electron chi connectivity index (χ3n) is 2.47. The van der Waals surface area contributed by atoms with Crippen LogP contribution in [0.25, 0.3) is 0 Å². The van der Waals surface area contributed by atoms with Gasteiger partial charge < -0.3 is 16.4 Å². The van der Waals surface area contributed by atoms with Gasteiger partial charge in [0.25, 0.3) is 5.69 Å². The molecule has 0 aliphatic carbocycles. The number of nitrogens with zero attached hydrogens (tertiary/aromatic N) is 1. The van der Waals surface area contributed by atoms with Crippen molar-refractivity contribution in [2.75, 3.05) is 25.0 Å². The standard InChI is InChI=1S/C12H18N4O3.ClH/c13-7-3-6-12(17)15-9-8-14-10-4-1-2-5-11(10)16(18)19;/h1-2,4-5,14H,3,6-9,13H2,(H,15,17);1H. The first-order valence-electron chi connectivity index (χ1n) is 6.09. The average molecular weight is 303 g/mol. The summed E-state index contributed by atoms with van der Waals surface area (Å²) in [5, 5.41) is 16.4. The first-order valence-corrected chi connectivity index (χ1v) is 6.09. The van der Waals surface area contributed by atoms with Crippen molar-refractivity contribution in [1.29, 1.82) is 0 Å². The minimum atomic E-state index is -0.442. The minimum absolute atomic E-state index is 0. The normalized spacial score (nSPS) is 9.45. The van der Waals surface area contributed by atoms with Crippen LogP contribution in [0.3, 0.4) is 0 Å². The molecule has 0 saturated carbocycles. The van der Waals surface area contributed by atoms with Gasteiger partial charge >= 0.3 is 0 Å². The van der Waals surface area contributed by atoms with E-state index in [1.807, 2.05) is 0 Å². The summed E-state index contributed by atoms with van der Waals surface area (Å²) in [4.78, 5) is 21.6.